The molecule has 8 heteroatoms. The molecule has 3 N–H and O–H groups in total. The van der Waals surface area contributed by atoms with E-state index in [1.807, 2.05) is 4.90 Å². The van der Waals surface area contributed by atoms with Crippen LogP contribution in [0.5, 0.6) is 0 Å². The van der Waals surface area contributed by atoms with Gasteiger partial charge in [0, 0.05) is 31.8 Å². The Hall–Kier alpha value is -0.700. The lowest BCUT2D eigenvalue weighted by atomic mass is 9.91. The second-order valence-corrected chi connectivity index (χ2v) is 8.69. The smallest absolute Gasteiger partial charge is 0.221 e. The van der Waals surface area contributed by atoms with Gasteiger partial charge in [-0.3, -0.25) is 9.69 Å². The van der Waals surface area contributed by atoms with E-state index in [0.717, 1.165) is 6.26 Å². The first-order valence-electron chi connectivity index (χ1n) is 7.60. The van der Waals surface area contributed by atoms with Crippen molar-refractivity contribution in [3.05, 3.63) is 0 Å². The average molecular weight is 336 g/mol. The van der Waals surface area contributed by atoms with Crippen molar-refractivity contribution < 1.29 is 23.4 Å². The highest BCUT2D eigenvalue weighted by atomic mass is 32.2. The Morgan fingerprint density at radius 2 is 1.86 bits per heavy atom. The first-order chi connectivity index (χ1) is 10.2. The number of amides is 1. The van der Waals surface area contributed by atoms with E-state index in [1.165, 1.54) is 0 Å². The van der Waals surface area contributed by atoms with Crippen LogP contribution in [0, 0.1) is 11.8 Å². The Bertz CT molecular complexity index is 462. The highest BCUT2D eigenvalue weighted by molar-refractivity contribution is 7.90. The molecular weight excluding hydrogens is 308 g/mol. The third kappa shape index (κ3) is 5.83. The largest absolute Gasteiger partial charge is 0.395 e. The molecule has 0 aromatic heterocycles. The highest BCUT2D eigenvalue weighted by Gasteiger charge is 2.38. The molecule has 1 aliphatic rings. The topological polar surface area (TPSA) is 107 Å². The van der Waals surface area contributed by atoms with Crippen molar-refractivity contribution in [3.63, 3.8) is 0 Å². The van der Waals surface area contributed by atoms with Crippen LogP contribution in [0.3, 0.4) is 0 Å². The van der Waals surface area contributed by atoms with Gasteiger partial charge in [-0.1, -0.05) is 13.8 Å². The van der Waals surface area contributed by atoms with E-state index in [9.17, 15) is 23.4 Å². The fourth-order valence-corrected chi connectivity index (χ4v) is 3.39. The Balaban J connectivity index is 2.64. The third-order valence-corrected chi connectivity index (χ3v) is 5.18. The van der Waals surface area contributed by atoms with E-state index in [-0.39, 0.29) is 49.3 Å². The molecule has 7 nitrogen and oxygen atoms in total. The van der Waals surface area contributed by atoms with Crippen molar-refractivity contribution in [1.29, 1.82) is 0 Å². The third-order valence-electron chi connectivity index (χ3n) is 4.23. The molecule has 0 saturated carbocycles. The van der Waals surface area contributed by atoms with Crippen LogP contribution in [0.25, 0.3) is 0 Å². The molecular formula is C14H28N2O5S. The van der Waals surface area contributed by atoms with Gasteiger partial charge < -0.3 is 15.5 Å². The summed E-state index contributed by atoms with van der Waals surface area (Å²) in [4.78, 5) is 13.9. The molecule has 1 heterocycles. The maximum Gasteiger partial charge on any atom is 0.221 e. The van der Waals surface area contributed by atoms with Crippen molar-refractivity contribution in [1.82, 2.24) is 10.2 Å². The summed E-state index contributed by atoms with van der Waals surface area (Å²) in [6.45, 7) is 5.12. The summed E-state index contributed by atoms with van der Waals surface area (Å²) in [5, 5.41) is 21.5. The van der Waals surface area contributed by atoms with Crippen molar-refractivity contribution in [2.45, 2.75) is 32.4 Å². The summed E-state index contributed by atoms with van der Waals surface area (Å²) in [6.07, 6.45) is 1.07. The number of carbonyl (C=O) groups is 1. The Morgan fingerprint density at radius 1 is 1.27 bits per heavy atom. The van der Waals surface area contributed by atoms with Gasteiger partial charge in [0.05, 0.1) is 25.0 Å². The molecule has 0 aliphatic carbocycles. The fourth-order valence-electron chi connectivity index (χ4n) is 2.83. The fraction of sp³-hybridized carbons (Fsp3) is 0.929. The molecule has 0 unspecified atom stereocenters. The lowest BCUT2D eigenvalue weighted by Gasteiger charge is -2.24. The maximum atomic E-state index is 11.9. The molecule has 130 valence electrons. The second-order valence-electron chi connectivity index (χ2n) is 6.43. The first-order valence-corrected chi connectivity index (χ1v) is 9.66. The maximum absolute atomic E-state index is 11.9. The zero-order valence-electron chi connectivity index (χ0n) is 13.5. The summed E-state index contributed by atoms with van der Waals surface area (Å²) in [6, 6.07) is -0.410. The molecule has 2 atom stereocenters. The molecule has 0 aromatic rings. The predicted molar refractivity (Wildman–Crippen MR) is 84.1 cm³/mol. The Labute approximate surface area is 132 Å². The summed E-state index contributed by atoms with van der Waals surface area (Å²) in [5.74, 6) is 0.121. The lowest BCUT2D eigenvalue weighted by Crippen LogP contribution is -2.44. The summed E-state index contributed by atoms with van der Waals surface area (Å²) in [5.41, 5.74) is 0. The van der Waals surface area contributed by atoms with E-state index in [2.05, 4.69) is 19.2 Å². The standard InChI is InChI=1S/C14H28N2O5S/c1-10(2)12-6-16(11(8-17)9-18)7-13(12)15-14(19)4-5-22(3,20)21/h10-13,17-18H,4-9H2,1-3H3,(H,15,19)/t12-,13+/m1/s1. The Morgan fingerprint density at radius 3 is 2.32 bits per heavy atom. The molecule has 0 bridgehead atoms. The van der Waals surface area contributed by atoms with Crippen LogP contribution >= 0.6 is 0 Å². The number of likely N-dealkylation sites (tertiary alicyclic amines) is 1. The lowest BCUT2D eigenvalue weighted by molar-refractivity contribution is -0.121. The number of carbonyl (C=O) groups excluding carboxylic acids is 1. The SMILES string of the molecule is CC(C)[C@H]1CN(C(CO)CO)C[C@@H]1NC(=O)CCS(C)(=O)=O. The normalized spacial score (nSPS) is 23.4. The van der Waals surface area contributed by atoms with Gasteiger partial charge in [0.2, 0.25) is 5.91 Å². The van der Waals surface area contributed by atoms with Crippen molar-refractivity contribution >= 4 is 15.7 Å². The van der Waals surface area contributed by atoms with E-state index in [4.69, 9.17) is 0 Å². The second kappa shape index (κ2) is 8.24. The van der Waals surface area contributed by atoms with E-state index >= 15 is 0 Å². The highest BCUT2D eigenvalue weighted by Crippen LogP contribution is 2.26. The molecule has 1 aliphatic heterocycles. The number of sulfone groups is 1. The molecule has 1 saturated heterocycles. The van der Waals surface area contributed by atoms with Gasteiger partial charge in [-0.25, -0.2) is 8.42 Å². The summed E-state index contributed by atoms with van der Waals surface area (Å²) >= 11 is 0. The number of hydrogen-bond donors (Lipinski definition) is 3. The zero-order valence-corrected chi connectivity index (χ0v) is 14.3. The average Bonchev–Trinajstić information content (AvgIpc) is 2.81. The van der Waals surface area contributed by atoms with Gasteiger partial charge in [0.15, 0.2) is 0 Å². The van der Waals surface area contributed by atoms with Crippen molar-refractivity contribution in [3.8, 4) is 0 Å². The predicted octanol–water partition coefficient (Wildman–Crippen LogP) is -1.15. The molecule has 0 aromatic carbocycles. The van der Waals surface area contributed by atoms with Crippen LogP contribution < -0.4 is 5.32 Å². The number of hydrogen-bond acceptors (Lipinski definition) is 6. The quantitative estimate of drug-likeness (QED) is 0.517. The first kappa shape index (κ1) is 19.3. The number of aliphatic hydroxyl groups excluding tert-OH is 2. The van der Waals surface area contributed by atoms with Crippen LogP contribution in [0.2, 0.25) is 0 Å². The van der Waals surface area contributed by atoms with E-state index in [0.29, 0.717) is 19.0 Å². The van der Waals surface area contributed by atoms with Crippen LogP contribution in [0.15, 0.2) is 0 Å². The number of nitrogens with zero attached hydrogens (tertiary/aromatic N) is 1. The van der Waals surface area contributed by atoms with E-state index in [1.54, 1.807) is 0 Å². The van der Waals surface area contributed by atoms with Gasteiger partial charge in [0.1, 0.15) is 9.84 Å². The van der Waals surface area contributed by atoms with Crippen LogP contribution in [0.1, 0.15) is 20.3 Å². The van der Waals surface area contributed by atoms with Crippen molar-refractivity contribution in [2.24, 2.45) is 11.8 Å². The zero-order chi connectivity index (χ0) is 16.9. The van der Waals surface area contributed by atoms with Crippen molar-refractivity contribution in [2.75, 3.05) is 38.3 Å². The van der Waals surface area contributed by atoms with Gasteiger partial charge in [0.25, 0.3) is 0 Å². The monoisotopic (exact) mass is 336 g/mol. The van der Waals surface area contributed by atoms with Crippen LogP contribution in [0.4, 0.5) is 0 Å². The van der Waals surface area contributed by atoms with Gasteiger partial charge in [-0.15, -0.1) is 0 Å². The molecule has 1 rings (SSSR count). The van der Waals surface area contributed by atoms with Gasteiger partial charge in [-0.05, 0) is 11.8 Å². The van der Waals surface area contributed by atoms with Gasteiger partial charge >= 0.3 is 0 Å². The summed E-state index contributed by atoms with van der Waals surface area (Å²) < 4.78 is 22.2. The Kier molecular flexibility index (Phi) is 7.24. The minimum atomic E-state index is -3.15. The molecule has 0 radical (unpaired) electrons. The molecule has 22 heavy (non-hydrogen) atoms. The van der Waals surface area contributed by atoms with E-state index < -0.39 is 9.84 Å². The number of nitrogens with one attached hydrogen (secondary N) is 1. The van der Waals surface area contributed by atoms with Crippen LogP contribution in [-0.4, -0.2) is 79.8 Å². The number of rotatable bonds is 8. The molecule has 1 fully saturated rings. The van der Waals surface area contributed by atoms with Gasteiger partial charge in [-0.2, -0.15) is 0 Å². The summed E-state index contributed by atoms with van der Waals surface area (Å²) in [7, 11) is -3.15. The minimum Gasteiger partial charge on any atom is -0.395 e. The molecule has 0 spiro atoms. The minimum absolute atomic E-state index is 0.0381. The molecule has 1 amide bonds. The number of aliphatic hydroxyl groups is 2. The van der Waals surface area contributed by atoms with Crippen LogP contribution in [-0.2, 0) is 14.6 Å².